The minimum atomic E-state index is 1.27. The second kappa shape index (κ2) is 8.88. The summed E-state index contributed by atoms with van der Waals surface area (Å²) in [6, 6.07) is 0. The average molecular weight is 303 g/mol. The topological polar surface area (TPSA) is 6.48 Å². The lowest BCUT2D eigenvalue weighted by Gasteiger charge is -2.20. The first-order valence-corrected chi connectivity index (χ1v) is 9.75. The van der Waals surface area contributed by atoms with Gasteiger partial charge in [0.1, 0.15) is 0 Å². The largest absolute Gasteiger partial charge is 0.303 e. The summed E-state index contributed by atoms with van der Waals surface area (Å²) < 4.78 is 0. The van der Waals surface area contributed by atoms with Crippen LogP contribution in [0.3, 0.4) is 0 Å². The van der Waals surface area contributed by atoms with Crippen molar-refractivity contribution in [2.45, 2.75) is 64.2 Å². The number of nitrogens with zero attached hydrogens (tertiary/aromatic N) is 2. The van der Waals surface area contributed by atoms with Gasteiger partial charge >= 0.3 is 0 Å². The van der Waals surface area contributed by atoms with Crippen LogP contribution < -0.4 is 0 Å². The summed E-state index contributed by atoms with van der Waals surface area (Å²) in [5.41, 5.74) is 3.37. The molecule has 0 unspecified atom stereocenters. The lowest BCUT2D eigenvalue weighted by molar-refractivity contribution is 0.331. The third-order valence-electron chi connectivity index (χ3n) is 5.60. The van der Waals surface area contributed by atoms with E-state index < -0.39 is 0 Å². The van der Waals surface area contributed by atoms with E-state index >= 15 is 0 Å². The van der Waals surface area contributed by atoms with Gasteiger partial charge in [-0.2, -0.15) is 0 Å². The van der Waals surface area contributed by atoms with Crippen LogP contribution in [0.5, 0.6) is 0 Å². The quantitative estimate of drug-likeness (QED) is 0.656. The molecule has 3 rings (SSSR count). The van der Waals surface area contributed by atoms with E-state index in [0.717, 1.165) is 0 Å². The van der Waals surface area contributed by atoms with Crippen molar-refractivity contribution in [2.75, 3.05) is 39.3 Å². The van der Waals surface area contributed by atoms with Gasteiger partial charge in [0.25, 0.3) is 0 Å². The van der Waals surface area contributed by atoms with Gasteiger partial charge in [0.15, 0.2) is 0 Å². The Morgan fingerprint density at radius 2 is 1.05 bits per heavy atom. The van der Waals surface area contributed by atoms with E-state index in [1.165, 1.54) is 103 Å². The molecule has 1 aliphatic carbocycles. The fourth-order valence-electron chi connectivity index (χ4n) is 4.30. The molecular formula is C20H34N2. The molecule has 2 fully saturated rings. The molecule has 0 bridgehead atoms. The summed E-state index contributed by atoms with van der Waals surface area (Å²) in [6.45, 7) is 8.01. The smallest absolute Gasteiger partial charge is 0.00156 e. The fraction of sp³-hybridized carbons (Fsp3) is 0.800. The van der Waals surface area contributed by atoms with Crippen LogP contribution in [0.25, 0.3) is 0 Å². The molecule has 0 aromatic rings. The van der Waals surface area contributed by atoms with Crippen LogP contribution >= 0.6 is 0 Å². The maximum absolute atomic E-state index is 2.65. The van der Waals surface area contributed by atoms with Crippen molar-refractivity contribution in [1.29, 1.82) is 0 Å². The van der Waals surface area contributed by atoms with Crippen LogP contribution in [0, 0.1) is 0 Å². The fourth-order valence-corrected chi connectivity index (χ4v) is 4.30. The summed E-state index contributed by atoms with van der Waals surface area (Å²) in [5, 5.41) is 0. The molecule has 0 aromatic carbocycles. The number of likely N-dealkylation sites (tertiary alicyclic amines) is 2. The Hall–Kier alpha value is -0.600. The molecule has 0 aromatic heterocycles. The lowest BCUT2D eigenvalue weighted by atomic mass is 9.91. The molecule has 0 radical (unpaired) electrons. The molecular weight excluding hydrogens is 268 g/mol. The van der Waals surface area contributed by atoms with E-state index in [0.29, 0.717) is 0 Å². The Balaban J connectivity index is 1.37. The monoisotopic (exact) mass is 302 g/mol. The zero-order valence-corrected chi connectivity index (χ0v) is 14.4. The maximum atomic E-state index is 2.65. The first-order valence-electron chi connectivity index (χ1n) is 9.75. The molecule has 0 saturated carbocycles. The first kappa shape index (κ1) is 16.3. The van der Waals surface area contributed by atoms with E-state index in [9.17, 15) is 0 Å². The highest BCUT2D eigenvalue weighted by atomic mass is 15.1. The summed E-state index contributed by atoms with van der Waals surface area (Å²) in [7, 11) is 0. The molecule has 2 saturated heterocycles. The second-order valence-corrected chi connectivity index (χ2v) is 7.34. The Bertz CT molecular complexity index is 347. The zero-order valence-electron chi connectivity index (χ0n) is 14.4. The Kier molecular flexibility index (Phi) is 6.57. The standard InChI is InChI=1S/C20H34N2/c1-2-10-20(12-8-18-22-15-5-6-16-22)19(9-1)11-7-17-21-13-3-4-14-21/h9-10H,1-8,11-18H2. The summed E-state index contributed by atoms with van der Waals surface area (Å²) in [6.07, 6.45) is 18.6. The van der Waals surface area contributed by atoms with Crippen molar-refractivity contribution in [1.82, 2.24) is 9.80 Å². The third kappa shape index (κ3) is 4.96. The average Bonchev–Trinajstić information content (AvgIpc) is 3.22. The molecule has 2 heterocycles. The van der Waals surface area contributed by atoms with E-state index in [2.05, 4.69) is 22.0 Å². The van der Waals surface area contributed by atoms with Gasteiger partial charge in [0, 0.05) is 0 Å². The molecule has 0 atom stereocenters. The Labute approximate surface area is 137 Å². The number of allylic oxidation sites excluding steroid dienone is 4. The van der Waals surface area contributed by atoms with Gasteiger partial charge in [0.2, 0.25) is 0 Å². The normalized spacial score (nSPS) is 23.8. The van der Waals surface area contributed by atoms with E-state index in [1.807, 2.05) is 0 Å². The number of hydrogen-bond donors (Lipinski definition) is 0. The predicted molar refractivity (Wildman–Crippen MR) is 95.2 cm³/mol. The molecule has 2 nitrogen and oxygen atoms in total. The molecule has 0 spiro atoms. The Morgan fingerprint density at radius 1 is 0.636 bits per heavy atom. The van der Waals surface area contributed by atoms with E-state index in [4.69, 9.17) is 0 Å². The molecule has 2 aliphatic heterocycles. The Morgan fingerprint density at radius 3 is 1.45 bits per heavy atom. The summed E-state index contributed by atoms with van der Waals surface area (Å²) in [5.74, 6) is 0. The second-order valence-electron chi connectivity index (χ2n) is 7.34. The van der Waals surface area contributed by atoms with Gasteiger partial charge in [0.05, 0.1) is 0 Å². The van der Waals surface area contributed by atoms with Crippen LogP contribution in [0.4, 0.5) is 0 Å². The molecule has 0 amide bonds. The van der Waals surface area contributed by atoms with Gasteiger partial charge in [-0.3, -0.25) is 0 Å². The highest BCUT2D eigenvalue weighted by Crippen LogP contribution is 2.27. The third-order valence-corrected chi connectivity index (χ3v) is 5.60. The van der Waals surface area contributed by atoms with Crippen molar-refractivity contribution < 1.29 is 0 Å². The molecule has 0 N–H and O–H groups in total. The number of hydrogen-bond acceptors (Lipinski definition) is 2. The SMILES string of the molecule is C1=C(CCCN2CCCC2)C(CCCN2CCCC2)=CCC1. The highest BCUT2D eigenvalue weighted by Gasteiger charge is 2.14. The van der Waals surface area contributed by atoms with E-state index in [-0.39, 0.29) is 0 Å². The number of rotatable bonds is 8. The molecule has 22 heavy (non-hydrogen) atoms. The minimum absolute atomic E-state index is 1.27. The van der Waals surface area contributed by atoms with Crippen molar-refractivity contribution in [3.63, 3.8) is 0 Å². The summed E-state index contributed by atoms with van der Waals surface area (Å²) in [4.78, 5) is 5.31. The van der Waals surface area contributed by atoms with Gasteiger partial charge in [-0.05, 0) is 115 Å². The first-order chi connectivity index (χ1) is 10.9. The van der Waals surface area contributed by atoms with Gasteiger partial charge in [-0.15, -0.1) is 0 Å². The van der Waals surface area contributed by atoms with Crippen molar-refractivity contribution >= 4 is 0 Å². The van der Waals surface area contributed by atoms with Crippen molar-refractivity contribution in [2.24, 2.45) is 0 Å². The van der Waals surface area contributed by atoms with Crippen LogP contribution in [-0.4, -0.2) is 49.1 Å². The van der Waals surface area contributed by atoms with Crippen molar-refractivity contribution in [3.05, 3.63) is 23.3 Å². The van der Waals surface area contributed by atoms with Gasteiger partial charge in [-0.25, -0.2) is 0 Å². The van der Waals surface area contributed by atoms with Gasteiger partial charge < -0.3 is 9.80 Å². The van der Waals surface area contributed by atoms with Crippen LogP contribution in [0.1, 0.15) is 64.2 Å². The molecule has 124 valence electrons. The maximum Gasteiger partial charge on any atom is -0.00156 e. The zero-order chi connectivity index (χ0) is 15.0. The van der Waals surface area contributed by atoms with Crippen LogP contribution in [0.15, 0.2) is 23.3 Å². The van der Waals surface area contributed by atoms with Crippen LogP contribution in [-0.2, 0) is 0 Å². The molecule has 2 heteroatoms. The highest BCUT2D eigenvalue weighted by molar-refractivity contribution is 5.33. The molecule has 3 aliphatic rings. The lowest BCUT2D eigenvalue weighted by Crippen LogP contribution is -2.21. The van der Waals surface area contributed by atoms with Crippen molar-refractivity contribution in [3.8, 4) is 0 Å². The van der Waals surface area contributed by atoms with Crippen LogP contribution in [0.2, 0.25) is 0 Å². The summed E-state index contributed by atoms with van der Waals surface area (Å²) >= 11 is 0. The van der Waals surface area contributed by atoms with Gasteiger partial charge in [-0.1, -0.05) is 12.2 Å². The van der Waals surface area contributed by atoms with E-state index in [1.54, 1.807) is 11.1 Å². The minimum Gasteiger partial charge on any atom is -0.303 e. The predicted octanol–water partition coefficient (Wildman–Crippen LogP) is 4.39.